The number of carboxylic acid groups (broad SMARTS) is 1. The fraction of sp³-hybridized carbons (Fsp3) is 0.467. The zero-order valence-electron chi connectivity index (χ0n) is 11.5. The zero-order valence-corrected chi connectivity index (χ0v) is 11.5. The van der Waals surface area contributed by atoms with Gasteiger partial charge in [-0.3, -0.25) is 4.79 Å². The first-order valence-corrected chi connectivity index (χ1v) is 6.78. The largest absolute Gasteiger partial charge is 0.481 e. The number of aliphatic carboxylic acids is 1. The number of hydrogen-bond donors (Lipinski definition) is 1. The molecule has 0 bridgehead atoms. The van der Waals surface area contributed by atoms with Crippen LogP contribution in [0.3, 0.4) is 0 Å². The van der Waals surface area contributed by atoms with E-state index in [0.717, 1.165) is 5.56 Å². The summed E-state index contributed by atoms with van der Waals surface area (Å²) in [4.78, 5) is 24.6. The molecule has 0 radical (unpaired) electrons. The third-order valence-electron chi connectivity index (χ3n) is 3.67. The van der Waals surface area contributed by atoms with E-state index in [2.05, 4.69) is 0 Å². The van der Waals surface area contributed by atoms with Gasteiger partial charge in [0, 0.05) is 12.6 Å². The molecule has 1 aliphatic heterocycles. The number of hydrogen-bond acceptors (Lipinski definition) is 3. The second-order valence-corrected chi connectivity index (χ2v) is 5.15. The lowest BCUT2D eigenvalue weighted by atomic mass is 9.94. The maximum absolute atomic E-state index is 12.1. The second kappa shape index (κ2) is 6.41. The van der Waals surface area contributed by atoms with Crippen molar-refractivity contribution in [2.75, 3.05) is 6.54 Å². The molecule has 0 spiro atoms. The molecule has 20 heavy (non-hydrogen) atoms. The van der Waals surface area contributed by atoms with Gasteiger partial charge < -0.3 is 14.7 Å². The van der Waals surface area contributed by atoms with Crippen molar-refractivity contribution >= 4 is 12.1 Å². The number of nitrogens with zero attached hydrogens (tertiary/aromatic N) is 1. The van der Waals surface area contributed by atoms with Crippen LogP contribution >= 0.6 is 0 Å². The van der Waals surface area contributed by atoms with Crippen molar-refractivity contribution < 1.29 is 19.4 Å². The van der Waals surface area contributed by atoms with Crippen LogP contribution in [0, 0.1) is 5.92 Å². The highest BCUT2D eigenvalue weighted by Crippen LogP contribution is 2.23. The first kappa shape index (κ1) is 14.4. The van der Waals surface area contributed by atoms with Crippen LogP contribution < -0.4 is 0 Å². The van der Waals surface area contributed by atoms with E-state index in [1.807, 2.05) is 37.3 Å². The van der Waals surface area contributed by atoms with Gasteiger partial charge in [0.2, 0.25) is 0 Å². The number of carbonyl (C=O) groups excluding carboxylic acids is 1. The van der Waals surface area contributed by atoms with Gasteiger partial charge in [0.25, 0.3) is 0 Å². The van der Waals surface area contributed by atoms with E-state index in [1.165, 1.54) is 4.90 Å². The van der Waals surface area contributed by atoms with Gasteiger partial charge in [0.05, 0.1) is 5.92 Å². The lowest BCUT2D eigenvalue weighted by molar-refractivity contribution is -0.143. The van der Waals surface area contributed by atoms with Crippen molar-refractivity contribution in [1.29, 1.82) is 0 Å². The lowest BCUT2D eigenvalue weighted by Crippen LogP contribution is -2.47. The number of carbonyl (C=O) groups is 2. The maximum atomic E-state index is 12.1. The minimum atomic E-state index is -0.849. The third-order valence-corrected chi connectivity index (χ3v) is 3.67. The Morgan fingerprint density at radius 3 is 2.65 bits per heavy atom. The van der Waals surface area contributed by atoms with Crippen molar-refractivity contribution in [2.45, 2.75) is 32.4 Å². The third kappa shape index (κ3) is 3.50. The number of carboxylic acids is 1. The molecule has 5 nitrogen and oxygen atoms in total. The number of benzene rings is 1. The van der Waals surface area contributed by atoms with Gasteiger partial charge in [-0.1, -0.05) is 30.3 Å². The zero-order chi connectivity index (χ0) is 14.5. The monoisotopic (exact) mass is 277 g/mol. The molecule has 1 N–H and O–H groups in total. The number of amides is 1. The van der Waals surface area contributed by atoms with Gasteiger partial charge in [-0.2, -0.15) is 0 Å². The molecule has 1 saturated heterocycles. The quantitative estimate of drug-likeness (QED) is 0.921. The van der Waals surface area contributed by atoms with E-state index in [4.69, 9.17) is 9.84 Å². The minimum Gasteiger partial charge on any atom is -0.481 e. The molecular formula is C15H19NO4. The summed E-state index contributed by atoms with van der Waals surface area (Å²) in [5.41, 5.74) is 0.917. The van der Waals surface area contributed by atoms with Crippen LogP contribution in [0.25, 0.3) is 0 Å². The Kier molecular flexibility index (Phi) is 4.61. The summed E-state index contributed by atoms with van der Waals surface area (Å²) in [6.45, 7) is 2.35. The molecule has 0 saturated carbocycles. The standard InChI is InChI=1S/C15H19NO4/c1-11-7-8-13(14(17)18)9-16(11)15(19)20-10-12-5-3-2-4-6-12/h2-6,11,13H,7-10H2,1H3,(H,17,18). The van der Waals surface area contributed by atoms with Crippen LogP contribution in [0.4, 0.5) is 4.79 Å². The second-order valence-electron chi connectivity index (χ2n) is 5.15. The first-order valence-electron chi connectivity index (χ1n) is 6.78. The molecule has 1 amide bonds. The number of ether oxygens (including phenoxy) is 1. The Bertz CT molecular complexity index is 474. The highest BCUT2D eigenvalue weighted by atomic mass is 16.6. The number of rotatable bonds is 3. The molecule has 108 valence electrons. The molecule has 5 heteroatoms. The van der Waals surface area contributed by atoms with E-state index in [9.17, 15) is 9.59 Å². The number of likely N-dealkylation sites (tertiary alicyclic amines) is 1. The van der Waals surface area contributed by atoms with Crippen molar-refractivity contribution in [3.05, 3.63) is 35.9 Å². The molecule has 0 aromatic heterocycles. The van der Waals surface area contributed by atoms with Crippen LogP contribution in [0.1, 0.15) is 25.3 Å². The Morgan fingerprint density at radius 2 is 2.00 bits per heavy atom. The van der Waals surface area contributed by atoms with E-state index >= 15 is 0 Å². The molecule has 2 atom stereocenters. The highest BCUT2D eigenvalue weighted by Gasteiger charge is 2.33. The van der Waals surface area contributed by atoms with Crippen LogP contribution in [-0.2, 0) is 16.1 Å². The highest BCUT2D eigenvalue weighted by molar-refractivity contribution is 5.73. The molecule has 1 aromatic rings. The fourth-order valence-corrected chi connectivity index (χ4v) is 2.37. The van der Waals surface area contributed by atoms with E-state index in [-0.39, 0.29) is 19.2 Å². The summed E-state index contributed by atoms with van der Waals surface area (Å²) in [6, 6.07) is 9.45. The van der Waals surface area contributed by atoms with E-state index in [1.54, 1.807) is 0 Å². The Labute approximate surface area is 118 Å². The van der Waals surface area contributed by atoms with Gasteiger partial charge >= 0.3 is 12.1 Å². The van der Waals surface area contributed by atoms with Gasteiger partial charge in [-0.15, -0.1) is 0 Å². The van der Waals surface area contributed by atoms with Gasteiger partial charge in [0.15, 0.2) is 0 Å². The van der Waals surface area contributed by atoms with Crippen molar-refractivity contribution in [2.24, 2.45) is 5.92 Å². The van der Waals surface area contributed by atoms with Crippen LogP contribution in [0.2, 0.25) is 0 Å². The minimum absolute atomic E-state index is 0.0221. The summed E-state index contributed by atoms with van der Waals surface area (Å²) in [6.07, 6.45) is 0.864. The molecule has 1 fully saturated rings. The Balaban J connectivity index is 1.91. The summed E-state index contributed by atoms with van der Waals surface area (Å²) < 4.78 is 5.26. The van der Waals surface area contributed by atoms with Gasteiger partial charge in [0.1, 0.15) is 6.61 Å². The molecule has 1 aliphatic rings. The Morgan fingerprint density at radius 1 is 1.30 bits per heavy atom. The predicted octanol–water partition coefficient (Wildman–Crippen LogP) is 2.51. The summed E-state index contributed by atoms with van der Waals surface area (Å²) in [7, 11) is 0. The van der Waals surface area contributed by atoms with Crippen LogP contribution in [0.5, 0.6) is 0 Å². The summed E-state index contributed by atoms with van der Waals surface area (Å²) in [5.74, 6) is -1.34. The smallest absolute Gasteiger partial charge is 0.410 e. The van der Waals surface area contributed by atoms with Crippen molar-refractivity contribution in [3.63, 3.8) is 0 Å². The molecule has 0 aliphatic carbocycles. The molecule has 1 aromatic carbocycles. The molecule has 2 rings (SSSR count). The average Bonchev–Trinajstić information content (AvgIpc) is 2.46. The topological polar surface area (TPSA) is 66.8 Å². The van der Waals surface area contributed by atoms with Crippen molar-refractivity contribution in [3.8, 4) is 0 Å². The van der Waals surface area contributed by atoms with Crippen LogP contribution in [0.15, 0.2) is 30.3 Å². The lowest BCUT2D eigenvalue weighted by Gasteiger charge is -2.35. The number of piperidine rings is 1. The van der Waals surface area contributed by atoms with Crippen molar-refractivity contribution in [1.82, 2.24) is 4.90 Å². The Hall–Kier alpha value is -2.04. The van der Waals surface area contributed by atoms with E-state index in [0.29, 0.717) is 12.8 Å². The van der Waals surface area contributed by atoms with E-state index < -0.39 is 18.0 Å². The average molecular weight is 277 g/mol. The summed E-state index contributed by atoms with van der Waals surface area (Å²) in [5, 5.41) is 9.05. The SMILES string of the molecule is CC1CCC(C(=O)O)CN1C(=O)OCc1ccccc1. The summed E-state index contributed by atoms with van der Waals surface area (Å²) >= 11 is 0. The maximum Gasteiger partial charge on any atom is 0.410 e. The normalized spacial score (nSPS) is 22.4. The van der Waals surface area contributed by atoms with Gasteiger partial charge in [-0.05, 0) is 25.3 Å². The molecule has 1 heterocycles. The predicted molar refractivity (Wildman–Crippen MR) is 73.2 cm³/mol. The van der Waals surface area contributed by atoms with Crippen LogP contribution in [-0.4, -0.2) is 34.7 Å². The first-order chi connectivity index (χ1) is 9.58. The molecular weight excluding hydrogens is 258 g/mol. The fourth-order valence-electron chi connectivity index (χ4n) is 2.37. The molecule has 2 unspecified atom stereocenters. The van der Waals surface area contributed by atoms with Gasteiger partial charge in [-0.25, -0.2) is 4.79 Å².